The minimum absolute atomic E-state index is 0.142. The molecule has 0 aliphatic carbocycles. The highest BCUT2D eigenvalue weighted by Gasteiger charge is 2.10. The molecule has 0 atom stereocenters. The first-order valence-corrected chi connectivity index (χ1v) is 6.50. The fourth-order valence-corrected chi connectivity index (χ4v) is 2.32. The highest BCUT2D eigenvalue weighted by atomic mass is 32.1. The van der Waals surface area contributed by atoms with Crippen molar-refractivity contribution < 1.29 is 9.53 Å². The summed E-state index contributed by atoms with van der Waals surface area (Å²) >= 11 is 1.48. The SMILES string of the molecule is COc1ccc(N(C)CC(=O)c2cccs2)cc1. The van der Waals surface area contributed by atoms with Crippen molar-refractivity contribution >= 4 is 22.8 Å². The molecule has 2 rings (SSSR count). The smallest absolute Gasteiger partial charge is 0.191 e. The number of carbonyl (C=O) groups is 1. The van der Waals surface area contributed by atoms with Crippen LogP contribution in [0.4, 0.5) is 5.69 Å². The van der Waals surface area contributed by atoms with E-state index in [0.717, 1.165) is 16.3 Å². The lowest BCUT2D eigenvalue weighted by molar-refractivity contribution is 0.100. The quantitative estimate of drug-likeness (QED) is 0.775. The van der Waals surface area contributed by atoms with Gasteiger partial charge in [0, 0.05) is 12.7 Å². The average molecular weight is 261 g/mol. The first kappa shape index (κ1) is 12.6. The molecule has 3 nitrogen and oxygen atoms in total. The molecule has 0 unspecified atom stereocenters. The van der Waals surface area contributed by atoms with Crippen molar-refractivity contribution in [3.8, 4) is 5.75 Å². The van der Waals surface area contributed by atoms with E-state index in [0.29, 0.717) is 6.54 Å². The molecule has 0 saturated heterocycles. The minimum atomic E-state index is 0.142. The van der Waals surface area contributed by atoms with Gasteiger partial charge >= 0.3 is 0 Å². The Morgan fingerprint density at radius 2 is 2.00 bits per heavy atom. The number of ketones is 1. The number of hydrogen-bond acceptors (Lipinski definition) is 4. The monoisotopic (exact) mass is 261 g/mol. The number of ether oxygens (including phenoxy) is 1. The van der Waals surface area contributed by atoms with Crippen LogP contribution in [0.1, 0.15) is 9.67 Å². The van der Waals surface area contributed by atoms with Gasteiger partial charge in [-0.05, 0) is 35.7 Å². The van der Waals surface area contributed by atoms with Crippen molar-refractivity contribution in [2.45, 2.75) is 0 Å². The molecule has 1 heterocycles. The van der Waals surface area contributed by atoms with Crippen LogP contribution in [0.25, 0.3) is 0 Å². The first-order chi connectivity index (χ1) is 8.70. The lowest BCUT2D eigenvalue weighted by Crippen LogP contribution is -2.25. The van der Waals surface area contributed by atoms with Crippen LogP contribution >= 0.6 is 11.3 Å². The highest BCUT2D eigenvalue weighted by molar-refractivity contribution is 7.12. The van der Waals surface area contributed by atoms with E-state index >= 15 is 0 Å². The summed E-state index contributed by atoms with van der Waals surface area (Å²) < 4.78 is 5.11. The average Bonchev–Trinajstić information content (AvgIpc) is 2.92. The van der Waals surface area contributed by atoms with Gasteiger partial charge in [-0.3, -0.25) is 4.79 Å². The van der Waals surface area contributed by atoms with E-state index in [1.807, 2.05) is 53.7 Å². The van der Waals surface area contributed by atoms with Crippen molar-refractivity contribution in [1.29, 1.82) is 0 Å². The highest BCUT2D eigenvalue weighted by Crippen LogP contribution is 2.19. The molecule has 1 aromatic carbocycles. The molecule has 2 aromatic rings. The zero-order valence-corrected chi connectivity index (χ0v) is 11.2. The van der Waals surface area contributed by atoms with Gasteiger partial charge in [-0.25, -0.2) is 0 Å². The normalized spacial score (nSPS) is 10.1. The number of rotatable bonds is 5. The number of benzene rings is 1. The Morgan fingerprint density at radius 3 is 2.56 bits per heavy atom. The summed E-state index contributed by atoms with van der Waals surface area (Å²) in [6.45, 7) is 0.382. The van der Waals surface area contributed by atoms with Crippen LogP contribution in [0.5, 0.6) is 5.75 Å². The fraction of sp³-hybridized carbons (Fsp3) is 0.214. The van der Waals surface area contributed by atoms with Gasteiger partial charge in [0.05, 0.1) is 18.5 Å². The van der Waals surface area contributed by atoms with Crippen LogP contribution in [-0.4, -0.2) is 26.5 Å². The number of hydrogen-bond donors (Lipinski definition) is 0. The first-order valence-electron chi connectivity index (χ1n) is 5.62. The zero-order valence-electron chi connectivity index (χ0n) is 10.4. The molecule has 0 amide bonds. The third-order valence-electron chi connectivity index (χ3n) is 2.69. The van der Waals surface area contributed by atoms with Crippen LogP contribution in [0.2, 0.25) is 0 Å². The van der Waals surface area contributed by atoms with Gasteiger partial charge in [-0.2, -0.15) is 0 Å². The molecule has 0 bridgehead atoms. The van der Waals surface area contributed by atoms with Crippen LogP contribution < -0.4 is 9.64 Å². The van der Waals surface area contributed by atoms with Gasteiger partial charge in [0.2, 0.25) is 0 Å². The van der Waals surface area contributed by atoms with Gasteiger partial charge in [0.15, 0.2) is 5.78 Å². The van der Waals surface area contributed by atoms with Crippen LogP contribution in [0, 0.1) is 0 Å². The minimum Gasteiger partial charge on any atom is -0.497 e. The van der Waals surface area contributed by atoms with Crippen molar-refractivity contribution in [3.63, 3.8) is 0 Å². The summed E-state index contributed by atoms with van der Waals surface area (Å²) in [4.78, 5) is 14.7. The molecule has 94 valence electrons. The second kappa shape index (κ2) is 5.69. The Kier molecular flexibility index (Phi) is 3.99. The Bertz CT molecular complexity index is 505. The van der Waals surface area contributed by atoms with E-state index in [1.165, 1.54) is 11.3 Å². The number of Topliss-reactive ketones (excluding diaryl/α,β-unsaturated/α-hetero) is 1. The molecule has 4 heteroatoms. The van der Waals surface area contributed by atoms with Gasteiger partial charge in [-0.15, -0.1) is 11.3 Å². The van der Waals surface area contributed by atoms with Crippen LogP contribution in [0.3, 0.4) is 0 Å². The molecular formula is C14H15NO2S. The largest absolute Gasteiger partial charge is 0.497 e. The number of thiophene rings is 1. The number of anilines is 1. The van der Waals surface area contributed by atoms with E-state index in [1.54, 1.807) is 7.11 Å². The molecule has 0 fully saturated rings. The van der Waals surface area contributed by atoms with E-state index < -0.39 is 0 Å². The Balaban J connectivity index is 2.02. The summed E-state index contributed by atoms with van der Waals surface area (Å²) in [7, 11) is 3.55. The summed E-state index contributed by atoms with van der Waals surface area (Å²) in [5, 5.41) is 1.92. The van der Waals surface area contributed by atoms with E-state index in [9.17, 15) is 4.79 Å². The Labute approximate surface area is 111 Å². The van der Waals surface area contributed by atoms with Gasteiger partial charge in [-0.1, -0.05) is 6.07 Å². The molecule has 0 N–H and O–H groups in total. The molecule has 0 aliphatic rings. The van der Waals surface area contributed by atoms with Crippen LogP contribution in [0.15, 0.2) is 41.8 Å². The maximum Gasteiger partial charge on any atom is 0.191 e. The number of carbonyl (C=O) groups excluding carboxylic acids is 1. The predicted molar refractivity (Wildman–Crippen MR) is 74.9 cm³/mol. The summed E-state index contributed by atoms with van der Waals surface area (Å²) in [6, 6.07) is 11.4. The standard InChI is InChI=1S/C14H15NO2S/c1-15(10-13(16)14-4-3-9-18-14)11-5-7-12(17-2)8-6-11/h3-9H,10H2,1-2H3. The number of methoxy groups -OCH3 is 1. The molecule has 18 heavy (non-hydrogen) atoms. The Hall–Kier alpha value is -1.81. The fourth-order valence-electron chi connectivity index (χ4n) is 1.66. The van der Waals surface area contributed by atoms with Crippen molar-refractivity contribution in [2.75, 3.05) is 25.6 Å². The zero-order chi connectivity index (χ0) is 13.0. The second-order valence-electron chi connectivity index (χ2n) is 3.95. The third kappa shape index (κ3) is 2.90. The van der Waals surface area contributed by atoms with E-state index in [4.69, 9.17) is 4.74 Å². The summed E-state index contributed by atoms with van der Waals surface area (Å²) in [5.41, 5.74) is 1.00. The van der Waals surface area contributed by atoms with Crippen molar-refractivity contribution in [1.82, 2.24) is 0 Å². The van der Waals surface area contributed by atoms with Crippen molar-refractivity contribution in [3.05, 3.63) is 46.7 Å². The van der Waals surface area contributed by atoms with Gasteiger partial charge in [0.1, 0.15) is 5.75 Å². The lowest BCUT2D eigenvalue weighted by Gasteiger charge is -2.18. The molecule has 0 saturated carbocycles. The number of likely N-dealkylation sites (N-methyl/N-ethyl adjacent to an activating group) is 1. The van der Waals surface area contributed by atoms with E-state index in [-0.39, 0.29) is 5.78 Å². The van der Waals surface area contributed by atoms with Crippen LogP contribution in [-0.2, 0) is 0 Å². The van der Waals surface area contributed by atoms with Gasteiger partial charge < -0.3 is 9.64 Å². The molecule has 0 spiro atoms. The lowest BCUT2D eigenvalue weighted by atomic mass is 10.2. The maximum atomic E-state index is 12.0. The molecular weight excluding hydrogens is 246 g/mol. The molecule has 0 radical (unpaired) electrons. The van der Waals surface area contributed by atoms with E-state index in [2.05, 4.69) is 0 Å². The third-order valence-corrected chi connectivity index (χ3v) is 3.60. The number of nitrogens with zero attached hydrogens (tertiary/aromatic N) is 1. The molecule has 1 aromatic heterocycles. The predicted octanol–water partition coefficient (Wildman–Crippen LogP) is 3.08. The Morgan fingerprint density at radius 1 is 1.28 bits per heavy atom. The van der Waals surface area contributed by atoms with Gasteiger partial charge in [0.25, 0.3) is 0 Å². The molecule has 0 aliphatic heterocycles. The van der Waals surface area contributed by atoms with Crippen molar-refractivity contribution in [2.24, 2.45) is 0 Å². The summed E-state index contributed by atoms with van der Waals surface area (Å²) in [6.07, 6.45) is 0. The topological polar surface area (TPSA) is 29.5 Å². The maximum absolute atomic E-state index is 12.0. The second-order valence-corrected chi connectivity index (χ2v) is 4.90. The summed E-state index contributed by atoms with van der Waals surface area (Å²) in [5.74, 6) is 0.958.